The van der Waals surface area contributed by atoms with Gasteiger partial charge in [0, 0.05) is 43.8 Å². The fourth-order valence-corrected chi connectivity index (χ4v) is 7.96. The monoisotopic (exact) mass is 593 g/mol. The summed E-state index contributed by atoms with van der Waals surface area (Å²) in [6.07, 6.45) is 13.9. The van der Waals surface area contributed by atoms with E-state index in [1.165, 1.54) is 12.8 Å². The molecule has 43 heavy (non-hydrogen) atoms. The normalized spacial score (nSPS) is 27.1. The van der Waals surface area contributed by atoms with Crippen LogP contribution < -0.4 is 20.4 Å². The lowest BCUT2D eigenvalue weighted by atomic mass is 9.82. The molecular weight excluding hydrogens is 552 g/mol. The van der Waals surface area contributed by atoms with Crippen LogP contribution in [-0.4, -0.2) is 71.5 Å². The summed E-state index contributed by atoms with van der Waals surface area (Å²) in [6.45, 7) is 0.607. The smallest absolute Gasteiger partial charge is 0.254 e. The van der Waals surface area contributed by atoms with Gasteiger partial charge in [-0.15, -0.1) is 0 Å². The number of rotatable bonds is 5. The quantitative estimate of drug-likeness (QED) is 0.496. The molecule has 2 aromatic rings. The van der Waals surface area contributed by atoms with Gasteiger partial charge in [-0.3, -0.25) is 9.59 Å². The number of nitrogens with one attached hydrogen (secondary N) is 2. The number of nitrogens with zero attached hydrogens (tertiary/aromatic N) is 5. The van der Waals surface area contributed by atoms with Gasteiger partial charge in [-0.1, -0.05) is 25.7 Å². The SMILES string of the molecule is CN1C(=O)C2(CC2)CN(C2CCCCC2)c2nc(Nc3cc(F)c(C(=O)N[C@H]4C[C@H]5CCC[C@@H](C4)N5C)cc3F)ncc21. The molecular formula is C32H41F2N7O2. The Bertz CT molecular complexity index is 1410. The van der Waals surface area contributed by atoms with Gasteiger partial charge in [0.2, 0.25) is 11.9 Å². The maximum Gasteiger partial charge on any atom is 0.254 e. The number of piperidine rings is 2. The molecule has 230 valence electrons. The Morgan fingerprint density at radius 3 is 2.35 bits per heavy atom. The predicted molar refractivity (Wildman–Crippen MR) is 161 cm³/mol. The van der Waals surface area contributed by atoms with Crippen molar-refractivity contribution in [2.24, 2.45) is 5.41 Å². The summed E-state index contributed by atoms with van der Waals surface area (Å²) in [5, 5.41) is 5.81. The van der Waals surface area contributed by atoms with Crippen LogP contribution in [0.1, 0.15) is 87.4 Å². The molecule has 4 fully saturated rings. The van der Waals surface area contributed by atoms with Crippen LogP contribution >= 0.6 is 0 Å². The molecule has 1 spiro atoms. The Kier molecular flexibility index (Phi) is 7.26. The van der Waals surface area contributed by atoms with Gasteiger partial charge in [0.25, 0.3) is 5.91 Å². The van der Waals surface area contributed by atoms with Gasteiger partial charge in [-0.25, -0.2) is 13.8 Å². The van der Waals surface area contributed by atoms with Crippen LogP contribution in [0.2, 0.25) is 0 Å². The number of hydrogen-bond acceptors (Lipinski definition) is 7. The van der Waals surface area contributed by atoms with E-state index in [0.717, 1.165) is 76.3 Å². The molecule has 0 radical (unpaired) electrons. The Hall–Kier alpha value is -3.34. The minimum atomic E-state index is -0.811. The van der Waals surface area contributed by atoms with Crippen molar-refractivity contribution in [2.45, 2.75) is 101 Å². The highest BCUT2D eigenvalue weighted by molar-refractivity contribution is 6.02. The van der Waals surface area contributed by atoms with Crippen LogP contribution in [0.15, 0.2) is 18.3 Å². The molecule has 4 heterocycles. The van der Waals surface area contributed by atoms with E-state index in [1.54, 1.807) is 18.1 Å². The first-order chi connectivity index (χ1) is 20.7. The molecule has 2 amide bonds. The Balaban J connectivity index is 1.12. The van der Waals surface area contributed by atoms with Crippen LogP contribution in [0, 0.1) is 17.0 Å². The molecule has 3 atom stereocenters. The third kappa shape index (κ3) is 5.23. The van der Waals surface area contributed by atoms with Crippen molar-refractivity contribution < 1.29 is 18.4 Å². The molecule has 1 aromatic heterocycles. The fourth-order valence-electron chi connectivity index (χ4n) is 7.96. The summed E-state index contributed by atoms with van der Waals surface area (Å²) >= 11 is 0. The van der Waals surface area contributed by atoms with Gasteiger partial charge in [-0.05, 0) is 64.5 Å². The summed E-state index contributed by atoms with van der Waals surface area (Å²) in [4.78, 5) is 41.9. The molecule has 2 saturated carbocycles. The van der Waals surface area contributed by atoms with E-state index >= 15 is 8.78 Å². The van der Waals surface area contributed by atoms with Crippen molar-refractivity contribution in [1.82, 2.24) is 20.2 Å². The second-order valence-corrected chi connectivity index (χ2v) is 13.4. The molecule has 0 unspecified atom stereocenters. The highest BCUT2D eigenvalue weighted by atomic mass is 19.1. The van der Waals surface area contributed by atoms with Crippen molar-refractivity contribution in [3.05, 3.63) is 35.5 Å². The number of aromatic nitrogens is 2. The molecule has 1 aromatic carbocycles. The Labute approximate surface area is 251 Å². The summed E-state index contributed by atoms with van der Waals surface area (Å²) in [5.41, 5.74) is -0.225. The van der Waals surface area contributed by atoms with Crippen LogP contribution in [0.3, 0.4) is 0 Å². The highest BCUT2D eigenvalue weighted by Gasteiger charge is 2.55. The number of carbonyl (C=O) groups excluding carboxylic acids is 2. The van der Waals surface area contributed by atoms with Gasteiger partial charge in [0.05, 0.1) is 22.9 Å². The molecule has 11 heteroatoms. The van der Waals surface area contributed by atoms with Crippen molar-refractivity contribution in [3.63, 3.8) is 0 Å². The number of hydrogen-bond donors (Lipinski definition) is 2. The topological polar surface area (TPSA) is 93.7 Å². The van der Waals surface area contributed by atoms with Crippen LogP contribution in [-0.2, 0) is 4.79 Å². The second kappa shape index (κ2) is 11.0. The molecule has 2 bridgehead atoms. The lowest BCUT2D eigenvalue weighted by Gasteiger charge is -2.47. The zero-order valence-corrected chi connectivity index (χ0v) is 25.0. The van der Waals surface area contributed by atoms with Crippen LogP contribution in [0.5, 0.6) is 0 Å². The second-order valence-electron chi connectivity index (χ2n) is 13.4. The average molecular weight is 594 g/mol. The number of fused-ring (bicyclic) bond motifs is 3. The lowest BCUT2D eigenvalue weighted by molar-refractivity contribution is -0.123. The van der Waals surface area contributed by atoms with E-state index in [9.17, 15) is 9.59 Å². The zero-order chi connectivity index (χ0) is 29.9. The molecule has 2 N–H and O–H groups in total. The first-order valence-corrected chi connectivity index (χ1v) is 15.9. The maximum absolute atomic E-state index is 15.4. The third-order valence-corrected chi connectivity index (χ3v) is 10.7. The van der Waals surface area contributed by atoms with Gasteiger partial charge < -0.3 is 25.3 Å². The number of amides is 2. The molecule has 7 rings (SSSR count). The van der Waals surface area contributed by atoms with Gasteiger partial charge in [0.15, 0.2) is 5.82 Å². The Morgan fingerprint density at radius 1 is 0.953 bits per heavy atom. The number of halogens is 2. The number of carbonyl (C=O) groups is 2. The molecule has 9 nitrogen and oxygen atoms in total. The van der Waals surface area contributed by atoms with Crippen LogP contribution in [0.4, 0.5) is 31.9 Å². The minimum Gasteiger partial charge on any atom is -0.351 e. The van der Waals surface area contributed by atoms with Crippen molar-refractivity contribution in [1.29, 1.82) is 0 Å². The fraction of sp³-hybridized carbons (Fsp3) is 0.625. The van der Waals surface area contributed by atoms with Gasteiger partial charge in [-0.2, -0.15) is 4.98 Å². The average Bonchev–Trinajstić information content (AvgIpc) is 3.79. The summed E-state index contributed by atoms with van der Waals surface area (Å²) < 4.78 is 30.6. The van der Waals surface area contributed by atoms with E-state index in [-0.39, 0.29) is 35.2 Å². The first kappa shape index (κ1) is 28.4. The van der Waals surface area contributed by atoms with E-state index in [1.807, 2.05) is 0 Å². The summed E-state index contributed by atoms with van der Waals surface area (Å²) in [5.74, 6) is -1.33. The molecule has 3 aliphatic heterocycles. The summed E-state index contributed by atoms with van der Waals surface area (Å²) in [7, 11) is 3.90. The van der Waals surface area contributed by atoms with E-state index in [2.05, 4.69) is 32.5 Å². The van der Waals surface area contributed by atoms with Crippen LogP contribution in [0.25, 0.3) is 0 Å². The van der Waals surface area contributed by atoms with E-state index in [0.29, 0.717) is 30.1 Å². The third-order valence-electron chi connectivity index (χ3n) is 10.7. The molecule has 2 saturated heterocycles. The minimum absolute atomic E-state index is 0.0564. The summed E-state index contributed by atoms with van der Waals surface area (Å²) in [6, 6.07) is 2.98. The van der Waals surface area contributed by atoms with Crippen molar-refractivity contribution in [3.8, 4) is 0 Å². The van der Waals surface area contributed by atoms with Crippen molar-refractivity contribution in [2.75, 3.05) is 35.8 Å². The lowest BCUT2D eigenvalue weighted by Crippen LogP contribution is -2.55. The predicted octanol–water partition coefficient (Wildman–Crippen LogP) is 5.14. The molecule has 2 aliphatic carbocycles. The Morgan fingerprint density at radius 2 is 1.65 bits per heavy atom. The zero-order valence-electron chi connectivity index (χ0n) is 25.0. The van der Waals surface area contributed by atoms with Gasteiger partial charge in [0.1, 0.15) is 17.3 Å². The number of anilines is 4. The van der Waals surface area contributed by atoms with Gasteiger partial charge >= 0.3 is 0 Å². The largest absolute Gasteiger partial charge is 0.351 e. The van der Waals surface area contributed by atoms with E-state index < -0.39 is 23.0 Å². The number of benzene rings is 1. The van der Waals surface area contributed by atoms with Crippen molar-refractivity contribution >= 4 is 35.0 Å². The first-order valence-electron chi connectivity index (χ1n) is 15.9. The standard InChI is InChI=1S/C32H41F2N7O2/c1-39-21-9-6-10-22(39)14-19(13-21)36-29(42)23-15-25(34)26(16-24(23)33)37-31-35-17-27-28(38-31)41(20-7-4-3-5-8-20)18-32(11-12-32)30(43)40(27)2/h15-17,19-22H,3-14,18H2,1-2H3,(H,36,42)(H,35,37,38)/t19-,21+,22-. The maximum atomic E-state index is 15.4. The highest BCUT2D eigenvalue weighted by Crippen LogP contribution is 2.52. The molecule has 5 aliphatic rings. The van der Waals surface area contributed by atoms with E-state index in [4.69, 9.17) is 4.98 Å².